The van der Waals surface area contributed by atoms with Gasteiger partial charge in [0.25, 0.3) is 0 Å². The molecule has 0 unspecified atom stereocenters. The molecule has 2 N–H and O–H groups in total. The van der Waals surface area contributed by atoms with E-state index in [0.717, 1.165) is 18.5 Å². The Bertz CT molecular complexity index is 534. The van der Waals surface area contributed by atoms with Crippen LogP contribution in [-0.4, -0.2) is 37.0 Å². The second kappa shape index (κ2) is 7.29. The van der Waals surface area contributed by atoms with Gasteiger partial charge >= 0.3 is 6.03 Å². The highest BCUT2D eigenvalue weighted by atomic mass is 16.2. The minimum absolute atomic E-state index is 0.0262. The van der Waals surface area contributed by atoms with Gasteiger partial charge in [0, 0.05) is 31.7 Å². The summed E-state index contributed by atoms with van der Waals surface area (Å²) in [4.78, 5) is 25.7. The van der Waals surface area contributed by atoms with Crippen LogP contribution >= 0.6 is 0 Å². The maximum absolute atomic E-state index is 12.3. The Morgan fingerprint density at radius 1 is 1.23 bits per heavy atom. The summed E-state index contributed by atoms with van der Waals surface area (Å²) in [6, 6.07) is 7.86. The number of amides is 3. The van der Waals surface area contributed by atoms with Crippen molar-refractivity contribution in [3.05, 3.63) is 29.8 Å². The summed E-state index contributed by atoms with van der Waals surface area (Å²) in [5, 5.41) is 5.63. The van der Waals surface area contributed by atoms with Gasteiger partial charge in [-0.2, -0.15) is 0 Å². The van der Waals surface area contributed by atoms with Crippen molar-refractivity contribution in [1.82, 2.24) is 10.2 Å². The monoisotopic (exact) mass is 303 g/mol. The van der Waals surface area contributed by atoms with Gasteiger partial charge in [0.2, 0.25) is 5.91 Å². The van der Waals surface area contributed by atoms with Gasteiger partial charge in [-0.25, -0.2) is 4.79 Å². The molecule has 1 fully saturated rings. The molecule has 0 bridgehead atoms. The van der Waals surface area contributed by atoms with Crippen molar-refractivity contribution < 1.29 is 9.59 Å². The summed E-state index contributed by atoms with van der Waals surface area (Å²) < 4.78 is 0. The van der Waals surface area contributed by atoms with Gasteiger partial charge in [0.05, 0.1) is 0 Å². The number of hydrogen-bond donors (Lipinski definition) is 2. The quantitative estimate of drug-likeness (QED) is 0.902. The zero-order valence-corrected chi connectivity index (χ0v) is 13.6. The van der Waals surface area contributed by atoms with Crippen LogP contribution in [0.15, 0.2) is 24.3 Å². The second-order valence-corrected chi connectivity index (χ2v) is 6.09. The average molecular weight is 303 g/mol. The molecule has 1 saturated heterocycles. The van der Waals surface area contributed by atoms with Gasteiger partial charge in [0.15, 0.2) is 0 Å². The molecule has 0 saturated carbocycles. The van der Waals surface area contributed by atoms with Crippen molar-refractivity contribution >= 4 is 17.6 Å². The lowest BCUT2D eigenvalue weighted by Crippen LogP contribution is -2.44. The molecule has 0 atom stereocenters. The Hall–Kier alpha value is -2.04. The number of piperidine rings is 1. The van der Waals surface area contributed by atoms with Gasteiger partial charge in [-0.05, 0) is 36.5 Å². The molecule has 22 heavy (non-hydrogen) atoms. The number of nitrogens with one attached hydrogen (secondary N) is 2. The third kappa shape index (κ3) is 4.00. The van der Waals surface area contributed by atoms with E-state index in [1.54, 1.807) is 11.9 Å². The molecule has 1 aliphatic heterocycles. The first-order chi connectivity index (χ1) is 10.5. The number of carbonyl (C=O) groups is 2. The summed E-state index contributed by atoms with van der Waals surface area (Å²) in [5.41, 5.74) is 2.03. The normalized spacial score (nSPS) is 15.7. The largest absolute Gasteiger partial charge is 0.359 e. The molecule has 0 aromatic heterocycles. The standard InChI is InChI=1S/C17H25N3O2/c1-12(2)14-5-4-6-15(11-14)19-17(22)20-9-7-13(8-10-20)16(21)18-3/h4-6,11-13H,7-10H2,1-3H3,(H,18,21)(H,19,22). The van der Waals surface area contributed by atoms with E-state index < -0.39 is 0 Å². The second-order valence-electron chi connectivity index (χ2n) is 6.09. The van der Waals surface area contributed by atoms with Crippen LogP contribution in [0.3, 0.4) is 0 Å². The van der Waals surface area contributed by atoms with Gasteiger partial charge in [-0.3, -0.25) is 4.79 Å². The molecule has 1 aliphatic rings. The topological polar surface area (TPSA) is 61.4 Å². The fourth-order valence-electron chi connectivity index (χ4n) is 2.73. The molecule has 1 heterocycles. The zero-order valence-electron chi connectivity index (χ0n) is 13.6. The minimum Gasteiger partial charge on any atom is -0.359 e. The first-order valence-electron chi connectivity index (χ1n) is 7.88. The Balaban J connectivity index is 1.91. The summed E-state index contributed by atoms with van der Waals surface area (Å²) >= 11 is 0. The maximum atomic E-state index is 12.3. The highest BCUT2D eigenvalue weighted by Gasteiger charge is 2.26. The molecule has 0 aliphatic carbocycles. The molecule has 3 amide bonds. The number of likely N-dealkylation sites (tertiary alicyclic amines) is 1. The zero-order chi connectivity index (χ0) is 16.1. The maximum Gasteiger partial charge on any atom is 0.321 e. The van der Waals surface area contributed by atoms with E-state index in [-0.39, 0.29) is 17.9 Å². The lowest BCUT2D eigenvalue weighted by molar-refractivity contribution is -0.125. The SMILES string of the molecule is CNC(=O)C1CCN(C(=O)Nc2cccc(C(C)C)c2)CC1. The van der Waals surface area contributed by atoms with Crippen molar-refractivity contribution in [2.75, 3.05) is 25.5 Å². The van der Waals surface area contributed by atoms with Crippen molar-refractivity contribution in [3.63, 3.8) is 0 Å². The van der Waals surface area contributed by atoms with Crippen molar-refractivity contribution in [3.8, 4) is 0 Å². The van der Waals surface area contributed by atoms with Crippen LogP contribution in [0.1, 0.15) is 38.2 Å². The molecule has 2 rings (SSSR count). The smallest absolute Gasteiger partial charge is 0.321 e. The number of nitrogens with zero attached hydrogens (tertiary/aromatic N) is 1. The Labute approximate surface area is 132 Å². The van der Waals surface area contributed by atoms with Crippen molar-refractivity contribution in [2.24, 2.45) is 5.92 Å². The summed E-state index contributed by atoms with van der Waals surface area (Å²) in [7, 11) is 1.66. The first-order valence-corrected chi connectivity index (χ1v) is 7.88. The van der Waals surface area contributed by atoms with E-state index in [2.05, 4.69) is 30.5 Å². The molecular formula is C17H25N3O2. The van der Waals surface area contributed by atoms with Gasteiger partial charge in [0.1, 0.15) is 0 Å². The van der Waals surface area contributed by atoms with Crippen LogP contribution in [0.25, 0.3) is 0 Å². The van der Waals surface area contributed by atoms with E-state index in [0.29, 0.717) is 19.0 Å². The van der Waals surface area contributed by atoms with E-state index in [4.69, 9.17) is 0 Å². The van der Waals surface area contributed by atoms with E-state index in [1.165, 1.54) is 5.56 Å². The number of hydrogen-bond acceptors (Lipinski definition) is 2. The average Bonchev–Trinajstić information content (AvgIpc) is 2.54. The van der Waals surface area contributed by atoms with Crippen LogP contribution in [0, 0.1) is 5.92 Å². The molecule has 0 spiro atoms. The van der Waals surface area contributed by atoms with Crippen LogP contribution in [-0.2, 0) is 4.79 Å². The van der Waals surface area contributed by atoms with Crippen LogP contribution in [0.4, 0.5) is 10.5 Å². The van der Waals surface area contributed by atoms with Crippen LogP contribution in [0.2, 0.25) is 0 Å². The molecule has 0 radical (unpaired) electrons. The van der Waals surface area contributed by atoms with Gasteiger partial charge in [-0.1, -0.05) is 26.0 Å². The molecule has 1 aromatic carbocycles. The van der Waals surface area contributed by atoms with E-state index in [1.807, 2.05) is 18.2 Å². The number of carbonyl (C=O) groups excluding carboxylic acids is 2. The molecule has 5 heteroatoms. The summed E-state index contributed by atoms with van der Waals surface area (Å²) in [6.45, 7) is 5.50. The van der Waals surface area contributed by atoms with Crippen molar-refractivity contribution in [1.29, 1.82) is 0 Å². The number of benzene rings is 1. The number of rotatable bonds is 3. The van der Waals surface area contributed by atoms with E-state index in [9.17, 15) is 9.59 Å². The van der Waals surface area contributed by atoms with Crippen LogP contribution in [0.5, 0.6) is 0 Å². The predicted octanol–water partition coefficient (Wildman–Crippen LogP) is 2.80. The number of anilines is 1. The highest BCUT2D eigenvalue weighted by molar-refractivity contribution is 5.89. The highest BCUT2D eigenvalue weighted by Crippen LogP contribution is 2.21. The molecule has 1 aromatic rings. The Kier molecular flexibility index (Phi) is 5.41. The van der Waals surface area contributed by atoms with Gasteiger partial charge in [-0.15, -0.1) is 0 Å². The van der Waals surface area contributed by atoms with Crippen molar-refractivity contribution in [2.45, 2.75) is 32.6 Å². The Morgan fingerprint density at radius 3 is 2.50 bits per heavy atom. The predicted molar refractivity (Wildman–Crippen MR) is 87.9 cm³/mol. The number of urea groups is 1. The molecule has 5 nitrogen and oxygen atoms in total. The lowest BCUT2D eigenvalue weighted by Gasteiger charge is -2.31. The summed E-state index contributed by atoms with van der Waals surface area (Å²) in [5.74, 6) is 0.531. The minimum atomic E-state index is -0.0868. The lowest BCUT2D eigenvalue weighted by atomic mass is 9.96. The first kappa shape index (κ1) is 16.3. The van der Waals surface area contributed by atoms with Crippen LogP contribution < -0.4 is 10.6 Å². The Morgan fingerprint density at radius 2 is 1.91 bits per heavy atom. The molecule has 120 valence electrons. The summed E-state index contributed by atoms with van der Waals surface area (Å²) in [6.07, 6.45) is 1.44. The molecular weight excluding hydrogens is 278 g/mol. The van der Waals surface area contributed by atoms with E-state index >= 15 is 0 Å². The fourth-order valence-corrected chi connectivity index (χ4v) is 2.73. The third-order valence-electron chi connectivity index (χ3n) is 4.20. The third-order valence-corrected chi connectivity index (χ3v) is 4.20. The van der Waals surface area contributed by atoms with Gasteiger partial charge < -0.3 is 15.5 Å². The fraction of sp³-hybridized carbons (Fsp3) is 0.529.